The molecule has 0 bridgehead atoms. The molecule has 0 saturated heterocycles. The molecule has 27 heavy (non-hydrogen) atoms. The number of anilines is 1. The fourth-order valence-electron chi connectivity index (χ4n) is 3.81. The number of aryl methyl sites for hydroxylation is 2. The molecule has 0 atom stereocenters. The van der Waals surface area contributed by atoms with E-state index >= 15 is 0 Å². The van der Waals surface area contributed by atoms with Gasteiger partial charge in [-0.05, 0) is 55.5 Å². The molecule has 0 spiro atoms. The Balaban J connectivity index is 1.72. The van der Waals surface area contributed by atoms with E-state index in [9.17, 15) is 4.79 Å². The van der Waals surface area contributed by atoms with E-state index in [2.05, 4.69) is 31.0 Å². The van der Waals surface area contributed by atoms with Gasteiger partial charge in [0.25, 0.3) is 0 Å². The van der Waals surface area contributed by atoms with Gasteiger partial charge in [-0.1, -0.05) is 42.7 Å². The van der Waals surface area contributed by atoms with Crippen LogP contribution in [0.3, 0.4) is 0 Å². The first-order valence-corrected chi connectivity index (χ1v) is 10.5. The van der Waals surface area contributed by atoms with Gasteiger partial charge in [-0.2, -0.15) is 0 Å². The zero-order valence-corrected chi connectivity index (χ0v) is 16.8. The summed E-state index contributed by atoms with van der Waals surface area (Å²) in [5.41, 5.74) is 4.48. The van der Waals surface area contributed by atoms with E-state index in [4.69, 9.17) is 4.98 Å². The second-order valence-corrected chi connectivity index (χ2v) is 8.48. The third-order valence-electron chi connectivity index (χ3n) is 5.59. The molecule has 1 aromatic carbocycles. The summed E-state index contributed by atoms with van der Waals surface area (Å²) in [6.07, 6.45) is 9.12. The lowest BCUT2D eigenvalue weighted by atomic mass is 9.88. The molecule has 4 nitrogen and oxygen atoms in total. The number of rotatable bonds is 4. The Morgan fingerprint density at radius 1 is 1.19 bits per heavy atom. The number of benzene rings is 1. The van der Waals surface area contributed by atoms with E-state index in [0.717, 1.165) is 46.6 Å². The maximum Gasteiger partial charge on any atom is 0.232 e. The number of carbonyl (C=O) groups excluding carboxylic acids is 1. The molecule has 1 aliphatic rings. The van der Waals surface area contributed by atoms with Crippen molar-refractivity contribution in [2.75, 3.05) is 4.90 Å². The van der Waals surface area contributed by atoms with E-state index < -0.39 is 0 Å². The molecular weight excluding hydrogens is 354 g/mol. The molecule has 140 valence electrons. The van der Waals surface area contributed by atoms with Crippen molar-refractivity contribution >= 4 is 32.6 Å². The average molecular weight is 380 g/mol. The van der Waals surface area contributed by atoms with Crippen molar-refractivity contribution in [3.63, 3.8) is 0 Å². The van der Waals surface area contributed by atoms with Gasteiger partial charge in [0.05, 0.1) is 16.8 Å². The zero-order valence-electron chi connectivity index (χ0n) is 15.9. The largest absolute Gasteiger partial charge is 0.283 e. The van der Waals surface area contributed by atoms with Crippen LogP contribution in [0.15, 0.2) is 36.7 Å². The van der Waals surface area contributed by atoms with Crippen LogP contribution in [-0.4, -0.2) is 15.9 Å². The first-order valence-electron chi connectivity index (χ1n) is 9.70. The number of fused-ring (bicyclic) bond motifs is 1. The topological polar surface area (TPSA) is 46.1 Å². The van der Waals surface area contributed by atoms with Crippen molar-refractivity contribution in [3.8, 4) is 0 Å². The summed E-state index contributed by atoms with van der Waals surface area (Å²) in [5.74, 6) is 0.331. The molecule has 5 heteroatoms. The Bertz CT molecular complexity index is 945. The number of amides is 1. The molecule has 1 amide bonds. The number of carbonyl (C=O) groups is 1. The van der Waals surface area contributed by atoms with Gasteiger partial charge in [0.1, 0.15) is 0 Å². The van der Waals surface area contributed by atoms with Crippen LogP contribution >= 0.6 is 11.3 Å². The van der Waals surface area contributed by atoms with Crippen molar-refractivity contribution in [2.24, 2.45) is 5.92 Å². The van der Waals surface area contributed by atoms with Gasteiger partial charge in [-0.15, -0.1) is 0 Å². The highest BCUT2D eigenvalue weighted by Gasteiger charge is 2.29. The predicted octanol–water partition coefficient (Wildman–Crippen LogP) is 5.42. The SMILES string of the molecule is Cc1ccc2sc(N(Cc3cccnc3)C(=O)C3CCCCC3)nc2c1C. The molecule has 0 N–H and O–H groups in total. The Morgan fingerprint density at radius 2 is 2.00 bits per heavy atom. The average Bonchev–Trinajstić information content (AvgIpc) is 3.15. The van der Waals surface area contributed by atoms with Crippen molar-refractivity contribution < 1.29 is 4.79 Å². The summed E-state index contributed by atoms with van der Waals surface area (Å²) in [7, 11) is 0. The number of thiazole rings is 1. The Kier molecular flexibility index (Phi) is 5.21. The summed E-state index contributed by atoms with van der Waals surface area (Å²) >= 11 is 1.61. The van der Waals surface area contributed by atoms with Gasteiger partial charge in [0.15, 0.2) is 5.13 Å². The highest BCUT2D eigenvalue weighted by Crippen LogP contribution is 2.35. The standard InChI is InChI=1S/C22H25N3OS/c1-15-10-11-19-20(16(15)2)24-22(27-19)25(14-17-7-6-12-23-13-17)21(26)18-8-4-3-5-9-18/h6-7,10-13,18H,3-5,8-9,14H2,1-2H3. The molecule has 0 radical (unpaired) electrons. The van der Waals surface area contributed by atoms with Crippen LogP contribution in [0.4, 0.5) is 5.13 Å². The predicted molar refractivity (Wildman–Crippen MR) is 111 cm³/mol. The fraction of sp³-hybridized carbons (Fsp3) is 0.409. The van der Waals surface area contributed by atoms with Gasteiger partial charge < -0.3 is 0 Å². The summed E-state index contributed by atoms with van der Waals surface area (Å²) in [6, 6.07) is 8.20. The maximum atomic E-state index is 13.4. The third kappa shape index (κ3) is 3.74. The van der Waals surface area contributed by atoms with Crippen molar-refractivity contribution in [3.05, 3.63) is 53.3 Å². The molecule has 2 heterocycles. The smallest absolute Gasteiger partial charge is 0.232 e. The number of hydrogen-bond donors (Lipinski definition) is 0. The second kappa shape index (κ2) is 7.77. The van der Waals surface area contributed by atoms with E-state index in [1.165, 1.54) is 17.5 Å². The lowest BCUT2D eigenvalue weighted by Gasteiger charge is -2.27. The number of hydrogen-bond acceptors (Lipinski definition) is 4. The fourth-order valence-corrected chi connectivity index (χ4v) is 4.84. The lowest BCUT2D eigenvalue weighted by Crippen LogP contribution is -2.36. The maximum absolute atomic E-state index is 13.4. The number of pyridine rings is 1. The molecule has 1 saturated carbocycles. The Morgan fingerprint density at radius 3 is 2.74 bits per heavy atom. The summed E-state index contributed by atoms with van der Waals surface area (Å²) in [5, 5.41) is 0.804. The Labute approximate surface area is 164 Å². The van der Waals surface area contributed by atoms with Crippen LogP contribution in [0, 0.1) is 19.8 Å². The molecule has 0 aliphatic heterocycles. The van der Waals surface area contributed by atoms with Gasteiger partial charge in [0, 0.05) is 18.3 Å². The van der Waals surface area contributed by atoms with Crippen LogP contribution in [0.5, 0.6) is 0 Å². The molecule has 4 rings (SSSR count). The molecule has 1 aliphatic carbocycles. The molecule has 0 unspecified atom stereocenters. The molecular formula is C22H25N3OS. The van der Waals surface area contributed by atoms with Crippen molar-refractivity contribution in [1.82, 2.24) is 9.97 Å². The van der Waals surface area contributed by atoms with Gasteiger partial charge in [-0.3, -0.25) is 14.7 Å². The highest BCUT2D eigenvalue weighted by atomic mass is 32.1. The summed E-state index contributed by atoms with van der Waals surface area (Å²) in [4.78, 5) is 24.4. The summed E-state index contributed by atoms with van der Waals surface area (Å²) in [6.45, 7) is 4.74. The van der Waals surface area contributed by atoms with Gasteiger partial charge in [-0.25, -0.2) is 4.98 Å². The third-order valence-corrected chi connectivity index (χ3v) is 6.63. The number of aromatic nitrogens is 2. The van der Waals surface area contributed by atoms with Crippen LogP contribution in [0.1, 0.15) is 48.8 Å². The van der Waals surface area contributed by atoms with Gasteiger partial charge in [0.2, 0.25) is 5.91 Å². The zero-order chi connectivity index (χ0) is 18.8. The first kappa shape index (κ1) is 18.1. The minimum Gasteiger partial charge on any atom is -0.283 e. The number of nitrogens with zero attached hydrogens (tertiary/aromatic N) is 3. The van der Waals surface area contributed by atoms with Crippen LogP contribution in [0.25, 0.3) is 10.2 Å². The monoisotopic (exact) mass is 379 g/mol. The van der Waals surface area contributed by atoms with E-state index in [-0.39, 0.29) is 11.8 Å². The summed E-state index contributed by atoms with van der Waals surface area (Å²) < 4.78 is 1.14. The van der Waals surface area contributed by atoms with Crippen molar-refractivity contribution in [2.45, 2.75) is 52.5 Å². The van der Waals surface area contributed by atoms with E-state index in [1.54, 1.807) is 17.5 Å². The van der Waals surface area contributed by atoms with Crippen molar-refractivity contribution in [1.29, 1.82) is 0 Å². The first-order chi connectivity index (χ1) is 13.1. The Hall–Kier alpha value is -2.27. The van der Waals surface area contributed by atoms with E-state index in [0.29, 0.717) is 6.54 Å². The second-order valence-electron chi connectivity index (χ2n) is 7.47. The lowest BCUT2D eigenvalue weighted by molar-refractivity contribution is -0.123. The van der Waals surface area contributed by atoms with Crippen LogP contribution in [-0.2, 0) is 11.3 Å². The van der Waals surface area contributed by atoms with Gasteiger partial charge >= 0.3 is 0 Å². The molecule has 1 fully saturated rings. The minimum atomic E-state index is 0.116. The van der Waals surface area contributed by atoms with E-state index in [1.807, 2.05) is 23.2 Å². The quantitative estimate of drug-likeness (QED) is 0.608. The minimum absolute atomic E-state index is 0.116. The normalized spacial score (nSPS) is 15.2. The highest BCUT2D eigenvalue weighted by molar-refractivity contribution is 7.22. The molecule has 3 aromatic rings. The van der Waals surface area contributed by atoms with Crippen LogP contribution in [0.2, 0.25) is 0 Å². The molecule has 2 aromatic heterocycles. The van der Waals surface area contributed by atoms with Crippen LogP contribution < -0.4 is 4.90 Å².